The van der Waals surface area contributed by atoms with Crippen molar-refractivity contribution in [1.29, 1.82) is 0 Å². The van der Waals surface area contributed by atoms with E-state index in [1.54, 1.807) is 24.4 Å². The van der Waals surface area contributed by atoms with Gasteiger partial charge in [0, 0.05) is 11.8 Å². The van der Waals surface area contributed by atoms with Crippen molar-refractivity contribution in [3.8, 4) is 22.6 Å². The van der Waals surface area contributed by atoms with E-state index in [1.165, 1.54) is 24.5 Å². The number of fused-ring (bicyclic) bond motifs is 1. The van der Waals surface area contributed by atoms with Crippen LogP contribution in [0.1, 0.15) is 58.4 Å². The largest absolute Gasteiger partial charge is 0.508 e. The molecule has 0 radical (unpaired) electrons. The number of benzene rings is 1. The molecule has 2 aliphatic carbocycles. The summed E-state index contributed by atoms with van der Waals surface area (Å²) in [6, 6.07) is 6.54. The van der Waals surface area contributed by atoms with Crippen molar-refractivity contribution in [3.63, 3.8) is 0 Å². The zero-order valence-corrected chi connectivity index (χ0v) is 18.3. The predicted octanol–water partition coefficient (Wildman–Crippen LogP) is 5.79. The number of pyridine rings is 1. The normalized spacial score (nSPS) is 31.4. The molecule has 4 rings (SSSR count). The van der Waals surface area contributed by atoms with E-state index in [0.29, 0.717) is 34.9 Å². The van der Waals surface area contributed by atoms with Crippen LogP contribution < -0.4 is 5.56 Å². The Morgan fingerprint density at radius 1 is 1.20 bits per heavy atom. The fraction of sp³-hybridized carbons (Fsp3) is 0.500. The van der Waals surface area contributed by atoms with Crippen molar-refractivity contribution in [2.75, 3.05) is 0 Å². The van der Waals surface area contributed by atoms with Crippen LogP contribution in [0.5, 0.6) is 11.5 Å². The maximum absolute atomic E-state index is 12.3. The van der Waals surface area contributed by atoms with Crippen LogP contribution in [-0.2, 0) is 6.42 Å². The summed E-state index contributed by atoms with van der Waals surface area (Å²) in [7, 11) is 0. The van der Waals surface area contributed by atoms with Crippen molar-refractivity contribution in [3.05, 3.63) is 58.5 Å². The molecule has 4 heteroatoms. The Morgan fingerprint density at radius 2 is 1.97 bits per heavy atom. The molecular weight excluding hydrogens is 374 g/mol. The summed E-state index contributed by atoms with van der Waals surface area (Å²) in [5.41, 5.74) is 2.65. The minimum atomic E-state index is -0.280. The molecule has 0 unspecified atom stereocenters. The van der Waals surface area contributed by atoms with Crippen molar-refractivity contribution in [2.45, 2.75) is 59.3 Å². The second-order valence-electron chi connectivity index (χ2n) is 10.0. The minimum absolute atomic E-state index is 0.0258. The summed E-state index contributed by atoms with van der Waals surface area (Å²) in [4.78, 5) is 15.0. The van der Waals surface area contributed by atoms with E-state index in [4.69, 9.17) is 0 Å². The van der Waals surface area contributed by atoms with Gasteiger partial charge >= 0.3 is 0 Å². The van der Waals surface area contributed by atoms with Gasteiger partial charge in [0.25, 0.3) is 5.56 Å². The standard InChI is InChI=1S/C26H33NO3/c1-16-7-5-9-22-25(16,3)11-10-17(2)26(22,4)15-18-13-19(28)14-21(23(18)29)20-8-6-12-27-24(20)30/h6,8,12-14,17,22,28-29H,1,5,7,9-11,15H2,2-4H3,(H,27,30)/t17-,22+,25+,26+/m0/s1. The van der Waals surface area contributed by atoms with Crippen LogP contribution in [0.4, 0.5) is 0 Å². The van der Waals surface area contributed by atoms with Gasteiger partial charge in [0.2, 0.25) is 0 Å². The van der Waals surface area contributed by atoms with Gasteiger partial charge < -0.3 is 15.2 Å². The third-order valence-corrected chi connectivity index (χ3v) is 8.42. The summed E-state index contributed by atoms with van der Waals surface area (Å²) in [6.45, 7) is 11.5. The van der Waals surface area contributed by atoms with Crippen molar-refractivity contribution >= 4 is 0 Å². The van der Waals surface area contributed by atoms with Gasteiger partial charge in [0.15, 0.2) is 0 Å². The molecule has 2 aliphatic rings. The highest BCUT2D eigenvalue weighted by Crippen LogP contribution is 2.62. The second-order valence-corrected chi connectivity index (χ2v) is 10.0. The van der Waals surface area contributed by atoms with E-state index < -0.39 is 0 Å². The lowest BCUT2D eigenvalue weighted by atomic mass is 9.46. The van der Waals surface area contributed by atoms with Gasteiger partial charge in [-0.05, 0) is 91.0 Å². The molecule has 0 amide bonds. The summed E-state index contributed by atoms with van der Waals surface area (Å²) >= 11 is 0. The molecule has 2 saturated carbocycles. The second kappa shape index (κ2) is 7.33. The van der Waals surface area contributed by atoms with Crippen LogP contribution in [-0.4, -0.2) is 15.2 Å². The summed E-state index contributed by atoms with van der Waals surface area (Å²) in [5, 5.41) is 21.6. The van der Waals surface area contributed by atoms with Crippen LogP contribution in [0.2, 0.25) is 0 Å². The van der Waals surface area contributed by atoms with E-state index in [0.717, 1.165) is 19.3 Å². The number of phenols is 2. The zero-order valence-electron chi connectivity index (χ0n) is 18.3. The van der Waals surface area contributed by atoms with Crippen molar-refractivity contribution in [2.24, 2.45) is 22.7 Å². The van der Waals surface area contributed by atoms with E-state index >= 15 is 0 Å². The first-order valence-electron chi connectivity index (χ1n) is 11.1. The molecule has 160 valence electrons. The fourth-order valence-corrected chi connectivity index (χ4v) is 6.33. The Labute approximate surface area is 178 Å². The van der Waals surface area contributed by atoms with Gasteiger partial charge in [0.1, 0.15) is 11.5 Å². The molecule has 1 aromatic heterocycles. The molecule has 4 atom stereocenters. The highest BCUT2D eigenvalue weighted by molar-refractivity contribution is 5.73. The number of rotatable bonds is 3. The number of nitrogens with one attached hydrogen (secondary N) is 1. The van der Waals surface area contributed by atoms with Gasteiger partial charge in [0.05, 0.1) is 5.56 Å². The molecule has 2 aromatic rings. The molecule has 0 saturated heterocycles. The molecule has 3 N–H and O–H groups in total. The third-order valence-electron chi connectivity index (χ3n) is 8.42. The summed E-state index contributed by atoms with van der Waals surface area (Å²) in [5.74, 6) is 1.15. The van der Waals surface area contributed by atoms with Gasteiger partial charge in [-0.2, -0.15) is 0 Å². The van der Waals surface area contributed by atoms with Crippen molar-refractivity contribution in [1.82, 2.24) is 4.98 Å². The molecule has 0 aliphatic heterocycles. The topological polar surface area (TPSA) is 73.3 Å². The maximum atomic E-state index is 12.3. The smallest absolute Gasteiger partial charge is 0.255 e. The summed E-state index contributed by atoms with van der Waals surface area (Å²) in [6.07, 6.45) is 7.97. The molecule has 1 heterocycles. The first kappa shape index (κ1) is 20.8. The van der Waals surface area contributed by atoms with E-state index in [2.05, 4.69) is 32.3 Å². The Balaban J connectivity index is 1.79. The number of phenolic OH excluding ortho intramolecular Hbond substituents is 2. The molecule has 0 spiro atoms. The Hall–Kier alpha value is -2.49. The van der Waals surface area contributed by atoms with Crippen LogP contribution >= 0.6 is 0 Å². The summed E-state index contributed by atoms with van der Waals surface area (Å²) < 4.78 is 0. The third kappa shape index (κ3) is 3.17. The quantitative estimate of drug-likeness (QED) is 0.445. The van der Waals surface area contributed by atoms with E-state index in [-0.39, 0.29) is 27.9 Å². The first-order valence-corrected chi connectivity index (χ1v) is 11.1. The molecule has 4 nitrogen and oxygen atoms in total. The number of aromatic hydroxyl groups is 2. The zero-order chi connectivity index (χ0) is 21.7. The maximum Gasteiger partial charge on any atom is 0.255 e. The predicted molar refractivity (Wildman–Crippen MR) is 121 cm³/mol. The lowest BCUT2D eigenvalue weighted by Crippen LogP contribution is -2.51. The molecular formula is C26H33NO3. The van der Waals surface area contributed by atoms with Gasteiger partial charge in [-0.3, -0.25) is 4.79 Å². The monoisotopic (exact) mass is 407 g/mol. The SMILES string of the molecule is C=C1CCC[C@H]2[C@](C)(Cc3cc(O)cc(-c4ccc[nH]c4=O)c3O)[C@@H](C)CC[C@]12C. The molecule has 2 fully saturated rings. The number of aromatic nitrogens is 1. The fourth-order valence-electron chi connectivity index (χ4n) is 6.33. The lowest BCUT2D eigenvalue weighted by molar-refractivity contribution is -0.0491. The first-order chi connectivity index (χ1) is 14.2. The number of allylic oxidation sites excluding steroid dienone is 1. The van der Waals surface area contributed by atoms with Crippen LogP contribution in [0.3, 0.4) is 0 Å². The Kier molecular flexibility index (Phi) is 5.08. The van der Waals surface area contributed by atoms with E-state index in [1.807, 2.05) is 0 Å². The Bertz CT molecular complexity index is 1040. The molecule has 0 bridgehead atoms. The molecule has 30 heavy (non-hydrogen) atoms. The van der Waals surface area contributed by atoms with Crippen LogP contribution in [0.15, 0.2) is 47.4 Å². The van der Waals surface area contributed by atoms with E-state index in [9.17, 15) is 15.0 Å². The van der Waals surface area contributed by atoms with Crippen LogP contribution in [0.25, 0.3) is 11.1 Å². The molecule has 1 aromatic carbocycles. The van der Waals surface area contributed by atoms with Crippen LogP contribution in [0, 0.1) is 22.7 Å². The van der Waals surface area contributed by atoms with Gasteiger partial charge in [-0.1, -0.05) is 32.9 Å². The number of H-pyrrole nitrogens is 1. The van der Waals surface area contributed by atoms with Gasteiger partial charge in [-0.15, -0.1) is 0 Å². The average molecular weight is 408 g/mol. The number of hydrogen-bond acceptors (Lipinski definition) is 3. The number of hydrogen-bond donors (Lipinski definition) is 3. The Morgan fingerprint density at radius 3 is 2.70 bits per heavy atom. The highest BCUT2D eigenvalue weighted by Gasteiger charge is 2.54. The minimum Gasteiger partial charge on any atom is -0.508 e. The highest BCUT2D eigenvalue weighted by atomic mass is 16.3. The number of aromatic amines is 1. The lowest BCUT2D eigenvalue weighted by Gasteiger charge is -2.59. The van der Waals surface area contributed by atoms with Gasteiger partial charge in [-0.25, -0.2) is 0 Å². The average Bonchev–Trinajstić information content (AvgIpc) is 2.70. The van der Waals surface area contributed by atoms with Crippen molar-refractivity contribution < 1.29 is 10.2 Å².